The highest BCUT2D eigenvalue weighted by Gasteiger charge is 2.35. The van der Waals surface area contributed by atoms with Crippen LogP contribution in [0.2, 0.25) is 10.0 Å². The number of sulfone groups is 1. The van der Waals surface area contributed by atoms with Crippen molar-refractivity contribution in [1.29, 1.82) is 0 Å². The van der Waals surface area contributed by atoms with Crippen molar-refractivity contribution in [1.82, 2.24) is 5.32 Å². The second kappa shape index (κ2) is 5.78. The molecule has 4 nitrogen and oxygen atoms in total. The highest BCUT2D eigenvalue weighted by Crippen LogP contribution is 2.30. The number of benzene rings is 1. The first kappa shape index (κ1) is 16.6. The molecule has 1 amide bonds. The second-order valence-corrected chi connectivity index (χ2v) is 8.87. The molecule has 0 bridgehead atoms. The van der Waals surface area contributed by atoms with Crippen LogP contribution in [-0.2, 0) is 20.0 Å². The van der Waals surface area contributed by atoms with E-state index in [-0.39, 0.29) is 23.5 Å². The Morgan fingerprint density at radius 1 is 1.29 bits per heavy atom. The first-order valence-corrected chi connectivity index (χ1v) is 9.16. The minimum Gasteiger partial charge on any atom is -0.352 e. The van der Waals surface area contributed by atoms with Gasteiger partial charge in [-0.3, -0.25) is 4.79 Å². The molecule has 1 aliphatic heterocycles. The van der Waals surface area contributed by atoms with Crippen LogP contribution >= 0.6 is 23.2 Å². The number of nitrogens with one attached hydrogen (secondary N) is 1. The largest absolute Gasteiger partial charge is 0.352 e. The molecule has 0 saturated carbocycles. The van der Waals surface area contributed by atoms with Gasteiger partial charge >= 0.3 is 0 Å². The van der Waals surface area contributed by atoms with Gasteiger partial charge in [0, 0.05) is 6.04 Å². The van der Waals surface area contributed by atoms with Gasteiger partial charge < -0.3 is 5.32 Å². The molecule has 1 heterocycles. The number of amides is 1. The summed E-state index contributed by atoms with van der Waals surface area (Å²) >= 11 is 11.9. The fourth-order valence-electron chi connectivity index (χ4n) is 2.29. The molecule has 1 saturated heterocycles. The van der Waals surface area contributed by atoms with Crippen molar-refractivity contribution in [2.24, 2.45) is 0 Å². The zero-order chi connectivity index (χ0) is 15.8. The van der Waals surface area contributed by atoms with Gasteiger partial charge in [0.1, 0.15) is 0 Å². The van der Waals surface area contributed by atoms with Gasteiger partial charge in [0.25, 0.3) is 0 Å². The molecule has 0 radical (unpaired) electrons. The van der Waals surface area contributed by atoms with Gasteiger partial charge in [-0.15, -0.1) is 0 Å². The molecule has 1 aromatic rings. The molecule has 1 aliphatic rings. The van der Waals surface area contributed by atoms with Crippen LogP contribution in [0.1, 0.15) is 25.8 Å². The zero-order valence-corrected chi connectivity index (χ0v) is 14.1. The van der Waals surface area contributed by atoms with Crippen LogP contribution in [0, 0.1) is 0 Å². The predicted molar refractivity (Wildman–Crippen MR) is 84.7 cm³/mol. The third kappa shape index (κ3) is 3.71. The van der Waals surface area contributed by atoms with E-state index in [4.69, 9.17) is 23.2 Å². The van der Waals surface area contributed by atoms with Crippen LogP contribution in [0.3, 0.4) is 0 Å². The van der Waals surface area contributed by atoms with Gasteiger partial charge in [0.15, 0.2) is 9.84 Å². The van der Waals surface area contributed by atoms with E-state index in [0.717, 1.165) is 5.56 Å². The Morgan fingerprint density at radius 2 is 1.95 bits per heavy atom. The molecule has 1 aromatic carbocycles. The molecule has 116 valence electrons. The Bertz CT molecular complexity index is 671. The van der Waals surface area contributed by atoms with Crippen molar-refractivity contribution < 1.29 is 13.2 Å². The normalized spacial score (nSPS) is 21.2. The molecule has 0 aromatic heterocycles. The summed E-state index contributed by atoms with van der Waals surface area (Å²) in [5.41, 5.74) is -0.0872. The Kier molecular flexibility index (Phi) is 4.57. The van der Waals surface area contributed by atoms with E-state index in [0.29, 0.717) is 16.5 Å². The minimum absolute atomic E-state index is 0.0101. The van der Waals surface area contributed by atoms with Crippen LogP contribution in [0.15, 0.2) is 18.2 Å². The number of halogens is 2. The molecule has 1 atom stereocenters. The van der Waals surface area contributed by atoms with Crippen molar-refractivity contribution in [2.75, 3.05) is 11.5 Å². The summed E-state index contributed by atoms with van der Waals surface area (Å²) in [6, 6.07) is 4.74. The Morgan fingerprint density at radius 3 is 2.48 bits per heavy atom. The lowest BCUT2D eigenvalue weighted by molar-refractivity contribution is -0.126. The fourth-order valence-corrected chi connectivity index (χ4v) is 4.26. The Hall–Kier alpha value is -0.780. The number of hydrogen-bond donors (Lipinski definition) is 1. The maximum Gasteiger partial charge on any atom is 0.230 e. The fraction of sp³-hybridized carbons (Fsp3) is 0.500. The van der Waals surface area contributed by atoms with E-state index < -0.39 is 15.3 Å². The zero-order valence-electron chi connectivity index (χ0n) is 11.8. The lowest BCUT2D eigenvalue weighted by Gasteiger charge is -2.26. The van der Waals surface area contributed by atoms with Gasteiger partial charge in [-0.05, 0) is 38.0 Å². The van der Waals surface area contributed by atoms with Crippen LogP contribution in [0.4, 0.5) is 0 Å². The highest BCUT2D eigenvalue weighted by atomic mass is 35.5. The Labute approximate surface area is 134 Å². The van der Waals surface area contributed by atoms with E-state index in [9.17, 15) is 13.2 Å². The molecule has 1 N–H and O–H groups in total. The standard InChI is InChI=1S/C14H17Cl2NO3S/c1-14(2,9-3-4-11(15)12(16)7-9)13(18)17-10-5-6-21(19,20)8-10/h3-4,7,10H,5-6,8H2,1-2H3,(H,17,18)/t10-/m0/s1. The molecular weight excluding hydrogens is 333 g/mol. The van der Waals surface area contributed by atoms with Crippen LogP contribution in [0.25, 0.3) is 0 Å². The van der Waals surface area contributed by atoms with Gasteiger partial charge in [0.05, 0.1) is 27.0 Å². The quantitative estimate of drug-likeness (QED) is 0.911. The van der Waals surface area contributed by atoms with Crippen molar-refractivity contribution in [2.45, 2.75) is 31.7 Å². The summed E-state index contributed by atoms with van der Waals surface area (Å²) in [6.07, 6.45) is 0.464. The molecule has 0 spiro atoms. The third-order valence-corrected chi connectivity index (χ3v) is 6.28. The predicted octanol–water partition coefficient (Wildman–Crippen LogP) is 2.57. The van der Waals surface area contributed by atoms with E-state index in [1.165, 1.54) is 0 Å². The number of carbonyl (C=O) groups excluding carboxylic acids is 1. The van der Waals surface area contributed by atoms with Crippen LogP contribution in [-0.4, -0.2) is 31.9 Å². The first-order chi connectivity index (χ1) is 9.62. The van der Waals surface area contributed by atoms with Crippen LogP contribution < -0.4 is 5.32 Å². The Balaban J connectivity index is 2.15. The van der Waals surface area contributed by atoms with Gasteiger partial charge in [-0.1, -0.05) is 29.3 Å². The molecule has 7 heteroatoms. The third-order valence-electron chi connectivity index (χ3n) is 3.78. The number of hydrogen-bond acceptors (Lipinski definition) is 3. The average Bonchev–Trinajstić information content (AvgIpc) is 2.71. The SMILES string of the molecule is CC(C)(C(=O)N[C@H]1CCS(=O)(=O)C1)c1ccc(Cl)c(Cl)c1. The first-order valence-electron chi connectivity index (χ1n) is 6.59. The molecule has 21 heavy (non-hydrogen) atoms. The molecular formula is C14H17Cl2NO3S. The van der Waals surface area contributed by atoms with Gasteiger partial charge in [-0.2, -0.15) is 0 Å². The summed E-state index contributed by atoms with van der Waals surface area (Å²) in [5.74, 6) is -0.0792. The topological polar surface area (TPSA) is 63.2 Å². The van der Waals surface area contributed by atoms with Crippen molar-refractivity contribution >= 4 is 38.9 Å². The van der Waals surface area contributed by atoms with Gasteiger partial charge in [0.2, 0.25) is 5.91 Å². The van der Waals surface area contributed by atoms with Crippen molar-refractivity contribution in [3.8, 4) is 0 Å². The number of rotatable bonds is 3. The van der Waals surface area contributed by atoms with E-state index in [2.05, 4.69) is 5.32 Å². The van der Waals surface area contributed by atoms with Crippen molar-refractivity contribution in [3.05, 3.63) is 33.8 Å². The minimum atomic E-state index is -3.02. The maximum absolute atomic E-state index is 12.4. The number of carbonyl (C=O) groups is 1. The summed E-state index contributed by atoms with van der Waals surface area (Å²) in [7, 11) is -3.02. The molecule has 1 fully saturated rings. The van der Waals surface area contributed by atoms with E-state index in [1.807, 2.05) is 0 Å². The highest BCUT2D eigenvalue weighted by molar-refractivity contribution is 7.91. The van der Waals surface area contributed by atoms with Crippen LogP contribution in [0.5, 0.6) is 0 Å². The molecule has 0 unspecified atom stereocenters. The van der Waals surface area contributed by atoms with Crippen molar-refractivity contribution in [3.63, 3.8) is 0 Å². The van der Waals surface area contributed by atoms with Gasteiger partial charge in [-0.25, -0.2) is 8.42 Å². The summed E-state index contributed by atoms with van der Waals surface area (Å²) in [5, 5.41) is 3.63. The van der Waals surface area contributed by atoms with E-state index in [1.54, 1.807) is 32.0 Å². The average molecular weight is 350 g/mol. The molecule has 0 aliphatic carbocycles. The monoisotopic (exact) mass is 349 g/mol. The summed E-state index contributed by atoms with van der Waals surface area (Å²) < 4.78 is 22.9. The molecule has 2 rings (SSSR count). The van der Waals surface area contributed by atoms with E-state index >= 15 is 0 Å². The maximum atomic E-state index is 12.4. The lowest BCUT2D eigenvalue weighted by atomic mass is 9.83. The summed E-state index contributed by atoms with van der Waals surface area (Å²) in [6.45, 7) is 3.54. The smallest absolute Gasteiger partial charge is 0.230 e. The summed E-state index contributed by atoms with van der Waals surface area (Å²) in [4.78, 5) is 12.4. The lowest BCUT2D eigenvalue weighted by Crippen LogP contribution is -2.45. The second-order valence-electron chi connectivity index (χ2n) is 5.83.